The van der Waals surface area contributed by atoms with Crippen LogP contribution in [0.25, 0.3) is 0 Å². The van der Waals surface area contributed by atoms with Gasteiger partial charge in [0.15, 0.2) is 0 Å². The first-order valence-electron chi connectivity index (χ1n) is 4.94. The van der Waals surface area contributed by atoms with E-state index in [2.05, 4.69) is 33.0 Å². The Bertz CT molecular complexity index is 79.8. The van der Waals surface area contributed by atoms with Crippen molar-refractivity contribution in [2.24, 2.45) is 5.92 Å². The van der Waals surface area contributed by atoms with Crippen LogP contribution in [0.15, 0.2) is 0 Å². The van der Waals surface area contributed by atoms with Crippen molar-refractivity contribution >= 4 is 0 Å². The molecule has 2 heteroatoms. The van der Waals surface area contributed by atoms with Gasteiger partial charge in [-0.15, -0.1) is 0 Å². The SMILES string of the molecule is CC(C)CCCOCNC(C)C. The molecule has 0 heterocycles. The molecule has 0 saturated carbocycles. The van der Waals surface area contributed by atoms with Crippen LogP contribution in [-0.4, -0.2) is 19.4 Å². The second kappa shape index (κ2) is 7.56. The standard InChI is InChI=1S/C10H23NO/c1-9(2)6-5-7-12-8-11-10(3)4/h9-11H,5-8H2,1-4H3. The fraction of sp³-hybridized carbons (Fsp3) is 1.00. The number of hydrogen-bond donors (Lipinski definition) is 1. The summed E-state index contributed by atoms with van der Waals surface area (Å²) in [7, 11) is 0. The van der Waals surface area contributed by atoms with Crippen molar-refractivity contribution < 1.29 is 4.74 Å². The molecule has 0 aliphatic heterocycles. The summed E-state index contributed by atoms with van der Waals surface area (Å²) in [6, 6.07) is 0.523. The van der Waals surface area contributed by atoms with E-state index in [1.165, 1.54) is 12.8 Å². The molecule has 0 fully saturated rings. The van der Waals surface area contributed by atoms with Gasteiger partial charge < -0.3 is 4.74 Å². The molecule has 1 N–H and O–H groups in total. The van der Waals surface area contributed by atoms with Crippen LogP contribution in [0.2, 0.25) is 0 Å². The van der Waals surface area contributed by atoms with Crippen molar-refractivity contribution in [1.82, 2.24) is 5.32 Å². The molecule has 0 atom stereocenters. The average Bonchev–Trinajstić information content (AvgIpc) is 1.95. The molecule has 0 spiro atoms. The zero-order valence-corrected chi connectivity index (χ0v) is 8.89. The van der Waals surface area contributed by atoms with Crippen molar-refractivity contribution in [3.63, 3.8) is 0 Å². The summed E-state index contributed by atoms with van der Waals surface area (Å²) in [5, 5.41) is 3.21. The lowest BCUT2D eigenvalue weighted by molar-refractivity contribution is 0.106. The van der Waals surface area contributed by atoms with Gasteiger partial charge in [-0.3, -0.25) is 5.32 Å². The van der Waals surface area contributed by atoms with Crippen LogP contribution in [0.4, 0.5) is 0 Å². The predicted molar refractivity (Wildman–Crippen MR) is 53.2 cm³/mol. The van der Waals surface area contributed by atoms with E-state index in [0.29, 0.717) is 12.8 Å². The van der Waals surface area contributed by atoms with Gasteiger partial charge in [0.05, 0.1) is 6.73 Å². The van der Waals surface area contributed by atoms with Crippen LogP contribution < -0.4 is 5.32 Å². The summed E-state index contributed by atoms with van der Waals surface area (Å²) >= 11 is 0. The third-order valence-corrected chi connectivity index (χ3v) is 1.66. The number of hydrogen-bond acceptors (Lipinski definition) is 2. The van der Waals surface area contributed by atoms with Crippen LogP contribution in [-0.2, 0) is 4.74 Å². The van der Waals surface area contributed by atoms with Gasteiger partial charge in [-0.05, 0) is 32.6 Å². The fourth-order valence-electron chi connectivity index (χ4n) is 0.891. The summed E-state index contributed by atoms with van der Waals surface area (Å²) in [4.78, 5) is 0. The smallest absolute Gasteiger partial charge is 0.0967 e. The molecule has 0 aliphatic carbocycles. The van der Waals surface area contributed by atoms with E-state index in [-0.39, 0.29) is 0 Å². The number of rotatable bonds is 7. The highest BCUT2D eigenvalue weighted by Gasteiger charge is 1.94. The molecule has 0 aromatic heterocycles. The minimum atomic E-state index is 0.523. The molecule has 0 amide bonds. The summed E-state index contributed by atoms with van der Waals surface area (Å²) in [6.45, 7) is 10.3. The Kier molecular flexibility index (Phi) is 7.51. The van der Waals surface area contributed by atoms with E-state index in [1.807, 2.05) is 0 Å². The number of ether oxygens (including phenoxy) is 1. The van der Waals surface area contributed by atoms with E-state index in [1.54, 1.807) is 0 Å². The second-order valence-corrected chi connectivity index (χ2v) is 3.95. The van der Waals surface area contributed by atoms with E-state index in [9.17, 15) is 0 Å². The molecule has 0 aromatic carbocycles. The Hall–Kier alpha value is -0.0800. The first-order valence-corrected chi connectivity index (χ1v) is 4.94. The Morgan fingerprint density at radius 1 is 1.17 bits per heavy atom. The third-order valence-electron chi connectivity index (χ3n) is 1.66. The lowest BCUT2D eigenvalue weighted by Crippen LogP contribution is -2.25. The molecule has 0 aliphatic rings. The third kappa shape index (κ3) is 9.92. The largest absolute Gasteiger partial charge is 0.366 e. The van der Waals surface area contributed by atoms with Crippen molar-refractivity contribution in [2.75, 3.05) is 13.3 Å². The molecule has 0 saturated heterocycles. The summed E-state index contributed by atoms with van der Waals surface area (Å²) in [5.41, 5.74) is 0. The minimum absolute atomic E-state index is 0.523. The molecular weight excluding hydrogens is 150 g/mol. The van der Waals surface area contributed by atoms with Crippen LogP contribution in [0, 0.1) is 5.92 Å². The van der Waals surface area contributed by atoms with Crippen molar-refractivity contribution in [3.05, 3.63) is 0 Å². The van der Waals surface area contributed by atoms with Crippen LogP contribution in [0.5, 0.6) is 0 Å². The molecule has 0 unspecified atom stereocenters. The predicted octanol–water partition coefficient (Wildman–Crippen LogP) is 2.39. The molecule has 0 radical (unpaired) electrons. The van der Waals surface area contributed by atoms with Gasteiger partial charge in [-0.1, -0.05) is 13.8 Å². The highest BCUT2D eigenvalue weighted by atomic mass is 16.5. The maximum Gasteiger partial charge on any atom is 0.0967 e. The second-order valence-electron chi connectivity index (χ2n) is 3.95. The first-order chi connectivity index (χ1) is 5.63. The van der Waals surface area contributed by atoms with Crippen LogP contribution >= 0.6 is 0 Å². The van der Waals surface area contributed by atoms with E-state index < -0.39 is 0 Å². The van der Waals surface area contributed by atoms with Crippen molar-refractivity contribution in [3.8, 4) is 0 Å². The Morgan fingerprint density at radius 3 is 2.33 bits per heavy atom. The van der Waals surface area contributed by atoms with E-state index in [0.717, 1.165) is 12.5 Å². The maximum absolute atomic E-state index is 5.38. The molecular formula is C10H23NO. The monoisotopic (exact) mass is 173 g/mol. The van der Waals surface area contributed by atoms with Gasteiger partial charge in [0.1, 0.15) is 0 Å². The van der Waals surface area contributed by atoms with Gasteiger partial charge in [-0.2, -0.15) is 0 Å². The van der Waals surface area contributed by atoms with Gasteiger partial charge in [-0.25, -0.2) is 0 Å². The van der Waals surface area contributed by atoms with Gasteiger partial charge in [0, 0.05) is 12.6 Å². The molecule has 12 heavy (non-hydrogen) atoms. The van der Waals surface area contributed by atoms with Gasteiger partial charge in [0.25, 0.3) is 0 Å². The molecule has 0 bridgehead atoms. The van der Waals surface area contributed by atoms with Crippen molar-refractivity contribution in [2.45, 2.75) is 46.6 Å². The highest BCUT2D eigenvalue weighted by Crippen LogP contribution is 2.02. The molecule has 74 valence electrons. The zero-order chi connectivity index (χ0) is 9.40. The first kappa shape index (κ1) is 11.9. The van der Waals surface area contributed by atoms with Gasteiger partial charge >= 0.3 is 0 Å². The van der Waals surface area contributed by atoms with E-state index >= 15 is 0 Å². The molecule has 2 nitrogen and oxygen atoms in total. The van der Waals surface area contributed by atoms with Gasteiger partial charge in [0.2, 0.25) is 0 Å². The minimum Gasteiger partial charge on any atom is -0.366 e. The molecule has 0 rings (SSSR count). The van der Waals surface area contributed by atoms with Crippen molar-refractivity contribution in [1.29, 1.82) is 0 Å². The lowest BCUT2D eigenvalue weighted by atomic mass is 10.1. The Labute approximate surface area is 76.7 Å². The lowest BCUT2D eigenvalue weighted by Gasteiger charge is -2.09. The highest BCUT2D eigenvalue weighted by molar-refractivity contribution is 4.47. The Balaban J connectivity index is 2.91. The zero-order valence-electron chi connectivity index (χ0n) is 8.89. The topological polar surface area (TPSA) is 21.3 Å². The van der Waals surface area contributed by atoms with Crippen LogP contribution in [0.3, 0.4) is 0 Å². The molecule has 0 aromatic rings. The fourth-order valence-corrected chi connectivity index (χ4v) is 0.891. The number of nitrogens with one attached hydrogen (secondary N) is 1. The summed E-state index contributed by atoms with van der Waals surface area (Å²) in [6.07, 6.45) is 2.44. The van der Waals surface area contributed by atoms with E-state index in [4.69, 9.17) is 4.74 Å². The summed E-state index contributed by atoms with van der Waals surface area (Å²) < 4.78 is 5.38. The normalized spacial score (nSPS) is 11.5. The summed E-state index contributed by atoms with van der Waals surface area (Å²) in [5.74, 6) is 0.798. The average molecular weight is 173 g/mol. The van der Waals surface area contributed by atoms with Crippen LogP contribution in [0.1, 0.15) is 40.5 Å². The quantitative estimate of drug-likeness (QED) is 0.471. The Morgan fingerprint density at radius 2 is 1.83 bits per heavy atom. The maximum atomic E-state index is 5.38.